The Kier molecular flexibility index (Phi) is 6.80. The number of benzene rings is 1. The zero-order valence-electron chi connectivity index (χ0n) is 22.7. The van der Waals surface area contributed by atoms with Gasteiger partial charge in [0.25, 0.3) is 5.56 Å². The molecule has 3 aliphatic rings. The molecule has 1 aromatic carbocycles. The van der Waals surface area contributed by atoms with Gasteiger partial charge in [0, 0.05) is 44.5 Å². The third kappa shape index (κ3) is 4.57. The Hall–Kier alpha value is -3.44. The van der Waals surface area contributed by atoms with E-state index in [-0.39, 0.29) is 24.0 Å². The second-order valence-electron chi connectivity index (χ2n) is 11.2. The summed E-state index contributed by atoms with van der Waals surface area (Å²) in [5.74, 6) is 2.39. The number of pyridine rings is 2. The lowest BCUT2D eigenvalue weighted by Crippen LogP contribution is -2.46. The molecule has 8 nitrogen and oxygen atoms in total. The monoisotopic (exact) mass is 547 g/mol. The number of ether oxygens (including phenoxy) is 2. The van der Waals surface area contributed by atoms with E-state index in [1.54, 1.807) is 19.2 Å². The van der Waals surface area contributed by atoms with Gasteiger partial charge in [-0.2, -0.15) is 5.26 Å². The number of nitrogens with zero attached hydrogens (tertiary/aromatic N) is 5. The fraction of sp³-hybridized carbons (Fsp3) is 0.500. The lowest BCUT2D eigenvalue weighted by Gasteiger charge is -2.44. The largest absolute Gasteiger partial charge is 0.454 e. The van der Waals surface area contributed by atoms with Gasteiger partial charge in [-0.25, -0.2) is 4.98 Å². The zero-order chi connectivity index (χ0) is 27.3. The number of hydrogen-bond donors (Lipinski definition) is 0. The zero-order valence-corrected chi connectivity index (χ0v) is 23.5. The summed E-state index contributed by atoms with van der Waals surface area (Å²) in [5, 5.41) is 10.3. The maximum atomic E-state index is 13.1. The summed E-state index contributed by atoms with van der Waals surface area (Å²) >= 11 is 6.26. The van der Waals surface area contributed by atoms with Crippen LogP contribution in [0.1, 0.15) is 56.1 Å². The summed E-state index contributed by atoms with van der Waals surface area (Å²) < 4.78 is 12.8. The van der Waals surface area contributed by atoms with Gasteiger partial charge in [-0.05, 0) is 75.1 Å². The molecule has 0 atom stereocenters. The van der Waals surface area contributed by atoms with E-state index in [0.29, 0.717) is 27.9 Å². The van der Waals surface area contributed by atoms with Crippen molar-refractivity contribution in [3.63, 3.8) is 0 Å². The average molecular weight is 548 g/mol. The molecule has 39 heavy (non-hydrogen) atoms. The van der Waals surface area contributed by atoms with Gasteiger partial charge in [0.05, 0.1) is 11.2 Å². The van der Waals surface area contributed by atoms with Crippen LogP contribution in [0.25, 0.3) is 11.0 Å². The van der Waals surface area contributed by atoms with Crippen molar-refractivity contribution in [3.05, 3.63) is 50.9 Å². The van der Waals surface area contributed by atoms with Crippen LogP contribution in [0.5, 0.6) is 11.5 Å². The lowest BCUT2D eigenvalue weighted by molar-refractivity contribution is 0.174. The second kappa shape index (κ2) is 10.3. The molecule has 2 fully saturated rings. The molecule has 204 valence electrons. The standard InChI is InChI=1S/C30H34ClN5O3/c1-18-13-25-26(39-17-38-25)14-24(18)36(16-19-5-4-6-19)21-9-7-20(8-10-21)34(2)29-22(15-32)30(37)35(3)23-11-12-27(31)33-28(23)29/h11-14,19-21H,4-10,16-17H2,1-3H3. The molecule has 0 amide bonds. The molecule has 0 saturated heterocycles. The van der Waals surface area contributed by atoms with Crippen molar-refractivity contribution in [2.45, 2.75) is 64.0 Å². The average Bonchev–Trinajstić information content (AvgIpc) is 3.36. The molecular formula is C30H34ClN5O3. The van der Waals surface area contributed by atoms with E-state index in [9.17, 15) is 10.1 Å². The third-order valence-corrected chi connectivity index (χ3v) is 9.19. The van der Waals surface area contributed by atoms with Gasteiger partial charge in [-0.1, -0.05) is 18.0 Å². The minimum atomic E-state index is -0.311. The normalized spacial score (nSPS) is 20.5. The SMILES string of the molecule is Cc1cc2c(cc1N(CC1CCC1)C1CCC(N(C)c3c(C#N)c(=O)n(C)c4ccc(Cl)nc34)CC1)OCO2. The van der Waals surface area contributed by atoms with Crippen molar-refractivity contribution < 1.29 is 9.47 Å². The van der Waals surface area contributed by atoms with Crippen LogP contribution in [0.4, 0.5) is 11.4 Å². The fourth-order valence-corrected chi connectivity index (χ4v) is 6.64. The molecule has 0 spiro atoms. The summed E-state index contributed by atoms with van der Waals surface area (Å²) in [6.07, 6.45) is 7.85. The van der Waals surface area contributed by atoms with Gasteiger partial charge in [0.15, 0.2) is 11.5 Å². The van der Waals surface area contributed by atoms with Crippen LogP contribution >= 0.6 is 11.6 Å². The van der Waals surface area contributed by atoms with Crippen molar-refractivity contribution in [1.29, 1.82) is 5.26 Å². The highest BCUT2D eigenvalue weighted by atomic mass is 35.5. The predicted octanol–water partition coefficient (Wildman–Crippen LogP) is 5.55. The summed E-state index contributed by atoms with van der Waals surface area (Å²) in [5.41, 5.74) is 4.11. The highest BCUT2D eigenvalue weighted by Gasteiger charge is 2.34. The first kappa shape index (κ1) is 25.8. The van der Waals surface area contributed by atoms with E-state index >= 15 is 0 Å². The van der Waals surface area contributed by atoms with Crippen LogP contribution < -0.4 is 24.8 Å². The molecule has 6 rings (SSSR count). The predicted molar refractivity (Wildman–Crippen MR) is 153 cm³/mol. The van der Waals surface area contributed by atoms with Gasteiger partial charge in [0.2, 0.25) is 6.79 Å². The number of rotatable bonds is 6. The van der Waals surface area contributed by atoms with E-state index in [2.05, 4.69) is 39.9 Å². The second-order valence-corrected chi connectivity index (χ2v) is 11.6. The first-order valence-corrected chi connectivity index (χ1v) is 14.2. The molecule has 0 radical (unpaired) electrons. The van der Waals surface area contributed by atoms with Crippen molar-refractivity contribution >= 4 is 34.0 Å². The Morgan fingerprint density at radius 2 is 1.79 bits per heavy atom. The summed E-state index contributed by atoms with van der Waals surface area (Å²) in [6, 6.07) is 10.5. The maximum Gasteiger partial charge on any atom is 0.270 e. The molecule has 0 bridgehead atoms. The molecule has 2 aromatic heterocycles. The van der Waals surface area contributed by atoms with Crippen molar-refractivity contribution in [2.24, 2.45) is 13.0 Å². The van der Waals surface area contributed by atoms with Crippen molar-refractivity contribution in [3.8, 4) is 17.6 Å². The Bertz CT molecular complexity index is 1520. The minimum Gasteiger partial charge on any atom is -0.454 e. The number of aromatic nitrogens is 2. The molecule has 2 aliphatic carbocycles. The quantitative estimate of drug-likeness (QED) is 0.374. The fourth-order valence-electron chi connectivity index (χ4n) is 6.49. The molecule has 3 heterocycles. The maximum absolute atomic E-state index is 13.1. The number of aryl methyl sites for hydroxylation is 2. The Morgan fingerprint density at radius 3 is 2.46 bits per heavy atom. The van der Waals surface area contributed by atoms with Crippen LogP contribution in [0, 0.1) is 24.2 Å². The van der Waals surface area contributed by atoms with Gasteiger partial charge in [-0.3, -0.25) is 4.79 Å². The molecule has 3 aromatic rings. The summed E-state index contributed by atoms with van der Waals surface area (Å²) in [6.45, 7) is 3.50. The summed E-state index contributed by atoms with van der Waals surface area (Å²) in [4.78, 5) is 22.4. The van der Waals surface area contributed by atoms with Gasteiger partial charge in [-0.15, -0.1) is 0 Å². The van der Waals surface area contributed by atoms with E-state index in [0.717, 1.165) is 49.6 Å². The number of halogens is 1. The molecule has 0 unspecified atom stereocenters. The van der Waals surface area contributed by atoms with Gasteiger partial charge < -0.3 is 23.8 Å². The highest BCUT2D eigenvalue weighted by Crippen LogP contribution is 2.42. The van der Waals surface area contributed by atoms with Gasteiger partial charge in [0.1, 0.15) is 22.3 Å². The van der Waals surface area contributed by atoms with Crippen molar-refractivity contribution in [2.75, 3.05) is 30.2 Å². The highest BCUT2D eigenvalue weighted by molar-refractivity contribution is 6.29. The topological polar surface area (TPSA) is 83.6 Å². The van der Waals surface area contributed by atoms with E-state index in [1.807, 2.05) is 7.05 Å². The van der Waals surface area contributed by atoms with Crippen molar-refractivity contribution in [1.82, 2.24) is 9.55 Å². The van der Waals surface area contributed by atoms with Gasteiger partial charge >= 0.3 is 0 Å². The first-order chi connectivity index (χ1) is 18.9. The molecule has 0 N–H and O–H groups in total. The number of anilines is 2. The van der Waals surface area contributed by atoms with E-state index < -0.39 is 0 Å². The number of fused-ring (bicyclic) bond motifs is 2. The van der Waals surface area contributed by atoms with Crippen LogP contribution in [0.2, 0.25) is 5.15 Å². The number of nitriles is 1. The minimum absolute atomic E-state index is 0.118. The molecule has 1 aliphatic heterocycles. The van der Waals surface area contributed by atoms with Crippen LogP contribution in [0.15, 0.2) is 29.1 Å². The van der Waals surface area contributed by atoms with E-state index in [4.69, 9.17) is 21.1 Å². The molecular weight excluding hydrogens is 514 g/mol. The number of hydrogen-bond acceptors (Lipinski definition) is 7. The molecule has 2 saturated carbocycles. The lowest BCUT2D eigenvalue weighted by atomic mass is 9.83. The summed E-state index contributed by atoms with van der Waals surface area (Å²) in [7, 11) is 3.65. The van der Waals surface area contributed by atoms with Crippen LogP contribution in [-0.4, -0.2) is 42.0 Å². The third-order valence-electron chi connectivity index (χ3n) is 8.98. The smallest absolute Gasteiger partial charge is 0.270 e. The first-order valence-electron chi connectivity index (χ1n) is 13.8. The van der Waals surface area contributed by atoms with Crippen LogP contribution in [0.3, 0.4) is 0 Å². The van der Waals surface area contributed by atoms with E-state index in [1.165, 1.54) is 35.1 Å². The Balaban J connectivity index is 1.28. The van der Waals surface area contributed by atoms with Crippen LogP contribution in [-0.2, 0) is 7.05 Å². The Labute approximate surface area is 233 Å². The Morgan fingerprint density at radius 1 is 1.10 bits per heavy atom. The molecule has 9 heteroatoms.